The number of aliphatic hydroxyl groups excluding tert-OH is 5. The van der Waals surface area contributed by atoms with Crippen LogP contribution in [0.2, 0.25) is 0 Å². The molecule has 1 amide bonds. The molecule has 1 heterocycles. The Balaban J connectivity index is 2.43. The van der Waals surface area contributed by atoms with Gasteiger partial charge < -0.3 is 40.3 Å². The lowest BCUT2D eigenvalue weighted by molar-refractivity contribution is -0.302. The molecule has 0 aromatic rings. The molecule has 0 spiro atoms. The maximum atomic E-state index is 12.9. The second-order valence-corrected chi connectivity index (χ2v) is 14.1. The third kappa shape index (κ3) is 23.1. The van der Waals surface area contributed by atoms with Crippen molar-refractivity contribution < 1.29 is 39.8 Å². The maximum Gasteiger partial charge on any atom is 0.220 e. The summed E-state index contributed by atoms with van der Waals surface area (Å²) in [5.41, 5.74) is 0. The van der Waals surface area contributed by atoms with E-state index in [2.05, 4.69) is 55.6 Å². The molecule has 50 heavy (non-hydrogen) atoms. The third-order valence-electron chi connectivity index (χ3n) is 9.51. The van der Waals surface area contributed by atoms with Crippen LogP contribution in [-0.4, -0.2) is 87.5 Å². The van der Waals surface area contributed by atoms with Crippen LogP contribution in [0.4, 0.5) is 0 Å². The molecular formula is C41H75NO8. The SMILES string of the molecule is CC/C=C\C/C=C\C/C=C\CCCCCC(=O)NC(COC1OC(CO)C(O)C(O)C1O)C(O)CCCCCCCCCCCCCCCC. The molecular weight excluding hydrogens is 634 g/mol. The summed E-state index contributed by atoms with van der Waals surface area (Å²) >= 11 is 0. The van der Waals surface area contributed by atoms with E-state index in [0.717, 1.165) is 64.2 Å². The molecule has 0 aliphatic carbocycles. The predicted octanol–water partition coefficient (Wildman–Crippen LogP) is 7.33. The molecule has 9 nitrogen and oxygen atoms in total. The maximum absolute atomic E-state index is 12.9. The second kappa shape index (κ2) is 32.1. The summed E-state index contributed by atoms with van der Waals surface area (Å²) in [6.07, 6.45) is 30.1. The number of ether oxygens (including phenoxy) is 2. The summed E-state index contributed by atoms with van der Waals surface area (Å²) in [6, 6.07) is -0.731. The quantitative estimate of drug-likeness (QED) is 0.0314. The second-order valence-electron chi connectivity index (χ2n) is 14.1. The van der Waals surface area contributed by atoms with Gasteiger partial charge in [-0.3, -0.25) is 4.79 Å². The number of aliphatic hydroxyl groups is 5. The van der Waals surface area contributed by atoms with E-state index in [-0.39, 0.29) is 12.5 Å². The minimum absolute atomic E-state index is 0.150. The van der Waals surface area contributed by atoms with Crippen LogP contribution in [0.15, 0.2) is 36.5 Å². The van der Waals surface area contributed by atoms with Crippen molar-refractivity contribution in [3.63, 3.8) is 0 Å². The van der Waals surface area contributed by atoms with E-state index < -0.39 is 49.5 Å². The summed E-state index contributed by atoms with van der Waals surface area (Å²) in [7, 11) is 0. The predicted molar refractivity (Wildman–Crippen MR) is 203 cm³/mol. The van der Waals surface area contributed by atoms with Crippen LogP contribution in [-0.2, 0) is 14.3 Å². The first-order valence-electron chi connectivity index (χ1n) is 20.2. The average Bonchev–Trinajstić information content (AvgIpc) is 3.11. The van der Waals surface area contributed by atoms with Crippen LogP contribution < -0.4 is 5.32 Å². The normalized spacial score (nSPS) is 22.6. The molecule has 6 N–H and O–H groups in total. The Bertz CT molecular complexity index is 879. The van der Waals surface area contributed by atoms with E-state index in [1.165, 1.54) is 70.6 Å². The third-order valence-corrected chi connectivity index (χ3v) is 9.51. The van der Waals surface area contributed by atoms with Crippen molar-refractivity contribution in [2.45, 2.75) is 204 Å². The number of carbonyl (C=O) groups is 1. The Morgan fingerprint density at radius 1 is 0.700 bits per heavy atom. The molecule has 1 aliphatic heterocycles. The molecule has 0 aromatic carbocycles. The number of rotatable bonds is 32. The minimum atomic E-state index is -1.56. The van der Waals surface area contributed by atoms with E-state index in [0.29, 0.717) is 12.8 Å². The van der Waals surface area contributed by atoms with E-state index in [9.17, 15) is 30.3 Å². The summed E-state index contributed by atoms with van der Waals surface area (Å²) in [4.78, 5) is 12.9. The van der Waals surface area contributed by atoms with E-state index >= 15 is 0 Å². The number of hydrogen-bond donors (Lipinski definition) is 6. The van der Waals surface area contributed by atoms with Crippen molar-refractivity contribution in [3.8, 4) is 0 Å². The number of carbonyl (C=O) groups excluding carboxylic acids is 1. The van der Waals surface area contributed by atoms with Crippen molar-refractivity contribution in [2.75, 3.05) is 13.2 Å². The summed E-state index contributed by atoms with van der Waals surface area (Å²) in [5.74, 6) is -0.176. The highest BCUT2D eigenvalue weighted by atomic mass is 16.7. The largest absolute Gasteiger partial charge is 0.394 e. The Hall–Kier alpha value is -1.59. The highest BCUT2D eigenvalue weighted by Gasteiger charge is 2.44. The van der Waals surface area contributed by atoms with E-state index in [4.69, 9.17) is 9.47 Å². The molecule has 1 rings (SSSR count). The van der Waals surface area contributed by atoms with Crippen LogP contribution in [0.3, 0.4) is 0 Å². The molecule has 292 valence electrons. The number of nitrogens with one attached hydrogen (secondary N) is 1. The van der Waals surface area contributed by atoms with Crippen LogP contribution >= 0.6 is 0 Å². The Morgan fingerprint density at radius 3 is 1.82 bits per heavy atom. The van der Waals surface area contributed by atoms with Gasteiger partial charge in [0.15, 0.2) is 6.29 Å². The van der Waals surface area contributed by atoms with Crippen LogP contribution in [0.1, 0.15) is 162 Å². The van der Waals surface area contributed by atoms with Crippen LogP contribution in [0.25, 0.3) is 0 Å². The van der Waals surface area contributed by atoms with Gasteiger partial charge in [-0.2, -0.15) is 0 Å². The lowest BCUT2D eigenvalue weighted by Crippen LogP contribution is -2.60. The zero-order valence-electron chi connectivity index (χ0n) is 31.6. The zero-order chi connectivity index (χ0) is 36.7. The van der Waals surface area contributed by atoms with Gasteiger partial charge in [0.05, 0.1) is 25.4 Å². The number of amides is 1. The first-order valence-corrected chi connectivity index (χ1v) is 20.2. The first-order chi connectivity index (χ1) is 24.3. The Kier molecular flexibility index (Phi) is 29.8. The lowest BCUT2D eigenvalue weighted by atomic mass is 9.99. The minimum Gasteiger partial charge on any atom is -0.394 e. The average molecular weight is 710 g/mol. The van der Waals surface area contributed by atoms with Crippen LogP contribution in [0, 0.1) is 0 Å². The highest BCUT2D eigenvalue weighted by molar-refractivity contribution is 5.76. The van der Waals surface area contributed by atoms with Gasteiger partial charge in [-0.05, 0) is 44.9 Å². The highest BCUT2D eigenvalue weighted by Crippen LogP contribution is 2.23. The number of allylic oxidation sites excluding steroid dienone is 6. The van der Waals surface area contributed by atoms with Gasteiger partial charge in [0, 0.05) is 6.42 Å². The monoisotopic (exact) mass is 710 g/mol. The fourth-order valence-corrected chi connectivity index (χ4v) is 6.23. The molecule has 9 heteroatoms. The Morgan fingerprint density at radius 2 is 1.24 bits per heavy atom. The van der Waals surface area contributed by atoms with Gasteiger partial charge in [-0.1, -0.05) is 147 Å². The van der Waals surface area contributed by atoms with Crippen molar-refractivity contribution in [1.29, 1.82) is 0 Å². The van der Waals surface area contributed by atoms with Gasteiger partial charge in [0.1, 0.15) is 24.4 Å². The van der Waals surface area contributed by atoms with Crippen molar-refractivity contribution in [3.05, 3.63) is 36.5 Å². The molecule has 1 saturated heterocycles. The first kappa shape index (κ1) is 46.4. The standard InChI is InChI=1S/C41H75NO8/c1-3-5-7-9-11-13-15-17-19-20-22-24-26-28-30-35(44)34(33-49-41-40(48)39(47)38(46)36(32-43)50-41)42-37(45)31-29-27-25-23-21-18-16-14-12-10-8-6-4-2/h6,8,12,14,18,21,34-36,38-41,43-44,46-48H,3-5,7,9-11,13,15-17,19-20,22-33H2,1-2H3,(H,42,45)/b8-6-,14-12-,21-18-. The van der Waals surface area contributed by atoms with Gasteiger partial charge in [0.2, 0.25) is 5.91 Å². The summed E-state index contributed by atoms with van der Waals surface area (Å²) in [6.45, 7) is 3.67. The molecule has 1 aliphatic rings. The number of unbranched alkanes of at least 4 members (excludes halogenated alkanes) is 16. The zero-order valence-corrected chi connectivity index (χ0v) is 31.6. The van der Waals surface area contributed by atoms with E-state index in [1.807, 2.05) is 0 Å². The van der Waals surface area contributed by atoms with Crippen LogP contribution in [0.5, 0.6) is 0 Å². The van der Waals surface area contributed by atoms with Crippen molar-refractivity contribution in [2.24, 2.45) is 0 Å². The molecule has 1 fully saturated rings. The van der Waals surface area contributed by atoms with Crippen molar-refractivity contribution >= 4 is 5.91 Å². The van der Waals surface area contributed by atoms with Gasteiger partial charge in [-0.15, -0.1) is 0 Å². The summed E-state index contributed by atoms with van der Waals surface area (Å²) in [5, 5.41) is 54.1. The molecule has 7 unspecified atom stereocenters. The Labute approximate surface area is 304 Å². The molecule has 7 atom stereocenters. The van der Waals surface area contributed by atoms with Gasteiger partial charge in [-0.25, -0.2) is 0 Å². The van der Waals surface area contributed by atoms with E-state index in [1.54, 1.807) is 0 Å². The lowest BCUT2D eigenvalue weighted by Gasteiger charge is -2.40. The van der Waals surface area contributed by atoms with Crippen molar-refractivity contribution in [1.82, 2.24) is 5.32 Å². The topological polar surface area (TPSA) is 149 Å². The molecule has 0 bridgehead atoms. The number of hydrogen-bond acceptors (Lipinski definition) is 8. The molecule has 0 saturated carbocycles. The van der Waals surface area contributed by atoms with Gasteiger partial charge in [0.25, 0.3) is 0 Å². The fourth-order valence-electron chi connectivity index (χ4n) is 6.23. The summed E-state index contributed by atoms with van der Waals surface area (Å²) < 4.78 is 11.2. The molecule has 0 aromatic heterocycles. The smallest absolute Gasteiger partial charge is 0.220 e. The fraction of sp³-hybridized carbons (Fsp3) is 0.829. The van der Waals surface area contributed by atoms with Gasteiger partial charge >= 0.3 is 0 Å². The molecule has 0 radical (unpaired) electrons.